The fourth-order valence-corrected chi connectivity index (χ4v) is 1.91. The molecular formula is C12H12I2O2. The molecule has 0 unspecified atom stereocenters. The Hall–Kier alpha value is 0.0200. The minimum Gasteiger partial charge on any atom is -0.282 e. The summed E-state index contributed by atoms with van der Waals surface area (Å²) in [5, 5.41) is 0. The number of rotatable bonds is 2. The summed E-state index contributed by atoms with van der Waals surface area (Å²) in [7, 11) is 0. The van der Waals surface area contributed by atoms with Gasteiger partial charge in [-0.2, -0.15) is 0 Å². The SMILES string of the molecule is CC(C)(C)c1cc(C(=O)I)cc(C(=O)I)c1. The van der Waals surface area contributed by atoms with E-state index in [2.05, 4.69) is 20.8 Å². The van der Waals surface area contributed by atoms with Gasteiger partial charge in [0.1, 0.15) is 0 Å². The number of benzene rings is 1. The molecule has 0 aliphatic heterocycles. The standard InChI is InChI=1S/C12H12I2O2/c1-12(2,3)9-5-7(10(13)15)4-8(6-9)11(14)16/h4-6H,1-3H3. The first kappa shape index (κ1) is 14.1. The molecule has 86 valence electrons. The Morgan fingerprint density at radius 3 is 1.56 bits per heavy atom. The number of halogens is 2. The zero-order valence-corrected chi connectivity index (χ0v) is 13.6. The van der Waals surface area contributed by atoms with E-state index >= 15 is 0 Å². The lowest BCUT2D eigenvalue weighted by Crippen LogP contribution is -2.13. The highest BCUT2D eigenvalue weighted by molar-refractivity contribution is 14.1. The van der Waals surface area contributed by atoms with Gasteiger partial charge in [-0.25, -0.2) is 0 Å². The summed E-state index contributed by atoms with van der Waals surface area (Å²) >= 11 is 3.48. The van der Waals surface area contributed by atoms with Crippen LogP contribution in [0.2, 0.25) is 0 Å². The summed E-state index contributed by atoms with van der Waals surface area (Å²) in [4.78, 5) is 22.7. The molecule has 0 aromatic heterocycles. The van der Waals surface area contributed by atoms with E-state index in [1.165, 1.54) is 0 Å². The van der Waals surface area contributed by atoms with Crippen molar-refractivity contribution < 1.29 is 9.59 Å². The lowest BCUT2D eigenvalue weighted by atomic mass is 9.85. The first-order valence-electron chi connectivity index (χ1n) is 4.77. The second kappa shape index (κ2) is 5.12. The summed E-state index contributed by atoms with van der Waals surface area (Å²) in [6.07, 6.45) is 0. The maximum atomic E-state index is 11.4. The van der Waals surface area contributed by atoms with Crippen molar-refractivity contribution in [3.63, 3.8) is 0 Å². The predicted molar refractivity (Wildman–Crippen MR) is 81.8 cm³/mol. The molecule has 0 aliphatic rings. The highest BCUT2D eigenvalue weighted by Crippen LogP contribution is 2.26. The molecule has 0 atom stereocenters. The average molecular weight is 442 g/mol. The monoisotopic (exact) mass is 442 g/mol. The van der Waals surface area contributed by atoms with E-state index < -0.39 is 0 Å². The van der Waals surface area contributed by atoms with Gasteiger partial charge in [0.25, 0.3) is 0 Å². The Bertz CT molecular complexity index is 413. The average Bonchev–Trinajstić information content (AvgIpc) is 2.15. The molecule has 4 heteroatoms. The molecule has 0 radical (unpaired) electrons. The molecule has 16 heavy (non-hydrogen) atoms. The minimum absolute atomic E-state index is 0.0393. The second-order valence-electron chi connectivity index (χ2n) is 4.60. The Morgan fingerprint density at radius 1 is 0.938 bits per heavy atom. The largest absolute Gasteiger partial charge is 0.282 e. The first-order chi connectivity index (χ1) is 7.21. The van der Waals surface area contributed by atoms with Crippen LogP contribution in [0.4, 0.5) is 0 Å². The maximum Gasteiger partial charge on any atom is 0.222 e. The van der Waals surface area contributed by atoms with Gasteiger partial charge in [-0.15, -0.1) is 0 Å². The predicted octanol–water partition coefficient (Wildman–Crippen LogP) is 4.13. The number of carbonyl (C=O) groups excluding carboxylic acids is 2. The van der Waals surface area contributed by atoms with E-state index in [1.54, 1.807) is 51.2 Å². The Morgan fingerprint density at radius 2 is 1.31 bits per heavy atom. The van der Waals surface area contributed by atoms with Crippen LogP contribution < -0.4 is 0 Å². The van der Waals surface area contributed by atoms with E-state index in [1.807, 2.05) is 12.1 Å². The van der Waals surface area contributed by atoms with Crippen LogP contribution in [-0.2, 0) is 5.41 Å². The molecule has 0 saturated heterocycles. The second-order valence-corrected chi connectivity index (χ2v) is 6.56. The molecule has 1 aromatic carbocycles. The molecule has 0 bridgehead atoms. The van der Waals surface area contributed by atoms with Crippen LogP contribution in [0.1, 0.15) is 47.1 Å². The summed E-state index contributed by atoms with van der Waals surface area (Å²) in [6, 6.07) is 5.37. The molecule has 0 spiro atoms. The van der Waals surface area contributed by atoms with Gasteiger partial charge in [0.15, 0.2) is 0 Å². The van der Waals surface area contributed by atoms with Crippen LogP contribution in [0.15, 0.2) is 18.2 Å². The third kappa shape index (κ3) is 3.51. The lowest BCUT2D eigenvalue weighted by Gasteiger charge is -2.20. The van der Waals surface area contributed by atoms with Gasteiger partial charge >= 0.3 is 0 Å². The highest BCUT2D eigenvalue weighted by atomic mass is 127. The number of hydrogen-bond donors (Lipinski definition) is 0. The van der Waals surface area contributed by atoms with Gasteiger partial charge in [-0.1, -0.05) is 20.8 Å². The van der Waals surface area contributed by atoms with Crippen molar-refractivity contribution in [2.45, 2.75) is 26.2 Å². The fraction of sp³-hybridized carbons (Fsp3) is 0.333. The first-order valence-corrected chi connectivity index (χ1v) is 6.93. The van der Waals surface area contributed by atoms with Crippen molar-refractivity contribution in [2.24, 2.45) is 0 Å². The topological polar surface area (TPSA) is 34.1 Å². The minimum atomic E-state index is -0.0665. The normalized spacial score (nSPS) is 11.3. The molecular weight excluding hydrogens is 430 g/mol. The maximum absolute atomic E-state index is 11.4. The molecule has 1 rings (SSSR count). The van der Waals surface area contributed by atoms with Gasteiger partial charge in [0, 0.05) is 56.3 Å². The fourth-order valence-electron chi connectivity index (χ4n) is 1.29. The van der Waals surface area contributed by atoms with Crippen molar-refractivity contribution in [3.8, 4) is 0 Å². The third-order valence-electron chi connectivity index (χ3n) is 2.25. The van der Waals surface area contributed by atoms with Crippen LogP contribution >= 0.6 is 45.2 Å². The van der Waals surface area contributed by atoms with Gasteiger partial charge < -0.3 is 0 Å². The van der Waals surface area contributed by atoms with Crippen LogP contribution in [0, 0.1) is 0 Å². The smallest absolute Gasteiger partial charge is 0.222 e. The molecule has 0 heterocycles. The summed E-state index contributed by atoms with van der Waals surface area (Å²) in [5.74, 6) is 0. The molecule has 0 saturated carbocycles. The Balaban J connectivity index is 3.42. The number of hydrogen-bond acceptors (Lipinski definition) is 2. The molecule has 0 aliphatic carbocycles. The zero-order chi connectivity index (χ0) is 12.5. The molecule has 1 aromatic rings. The van der Waals surface area contributed by atoms with Gasteiger partial charge in [-0.05, 0) is 29.2 Å². The van der Waals surface area contributed by atoms with Gasteiger partial charge in [-0.3, -0.25) is 9.59 Å². The molecule has 0 N–H and O–H groups in total. The zero-order valence-electron chi connectivity index (χ0n) is 9.30. The van der Waals surface area contributed by atoms with E-state index in [0.717, 1.165) is 5.56 Å². The van der Waals surface area contributed by atoms with Crippen molar-refractivity contribution in [1.29, 1.82) is 0 Å². The lowest BCUT2D eigenvalue weighted by molar-refractivity contribution is 0.110. The molecule has 0 fully saturated rings. The van der Waals surface area contributed by atoms with E-state index in [4.69, 9.17) is 0 Å². The Kier molecular flexibility index (Phi) is 4.50. The van der Waals surface area contributed by atoms with Crippen molar-refractivity contribution in [1.82, 2.24) is 0 Å². The van der Waals surface area contributed by atoms with E-state index in [9.17, 15) is 9.59 Å². The van der Waals surface area contributed by atoms with Crippen molar-refractivity contribution in [3.05, 3.63) is 34.9 Å². The third-order valence-corrected chi connectivity index (χ3v) is 3.50. The number of carbonyl (C=O) groups is 2. The summed E-state index contributed by atoms with van der Waals surface area (Å²) in [5.41, 5.74) is 2.12. The van der Waals surface area contributed by atoms with Crippen LogP contribution in [0.25, 0.3) is 0 Å². The van der Waals surface area contributed by atoms with Gasteiger partial charge in [0.05, 0.1) is 0 Å². The van der Waals surface area contributed by atoms with Crippen molar-refractivity contribution in [2.75, 3.05) is 0 Å². The van der Waals surface area contributed by atoms with Crippen molar-refractivity contribution >= 4 is 52.8 Å². The van der Waals surface area contributed by atoms with Crippen LogP contribution in [0.5, 0.6) is 0 Å². The quantitative estimate of drug-likeness (QED) is 0.510. The highest BCUT2D eigenvalue weighted by Gasteiger charge is 2.18. The summed E-state index contributed by atoms with van der Waals surface area (Å²) in [6.45, 7) is 6.18. The van der Waals surface area contributed by atoms with Crippen LogP contribution in [-0.4, -0.2) is 7.58 Å². The van der Waals surface area contributed by atoms with E-state index in [-0.39, 0.29) is 13.0 Å². The van der Waals surface area contributed by atoms with Crippen LogP contribution in [0.3, 0.4) is 0 Å². The Labute approximate surface area is 122 Å². The summed E-state index contributed by atoms with van der Waals surface area (Å²) < 4.78 is -0.0785. The molecule has 0 amide bonds. The molecule has 2 nitrogen and oxygen atoms in total. The van der Waals surface area contributed by atoms with Gasteiger partial charge in [0.2, 0.25) is 7.58 Å². The van der Waals surface area contributed by atoms with E-state index in [0.29, 0.717) is 11.1 Å².